The molecule has 2 aromatic rings. The number of aliphatic hydroxyl groups is 1. The highest BCUT2D eigenvalue weighted by atomic mass is 32.2. The number of aliphatic hydroxyl groups excluding tert-OH is 1. The standard InChI is InChI=1S/C27H44N6O3S/c1-3-4-19(2)30-27-29-17-24-25(18-33(26(24)31-27)21-5-7-22(34)8-6-21)20-11-15-32(16-12-20)37(35,36)23-9-13-28-14-10-23/h17-23,28,34H,3-16H2,1-2H3,(H,29,30,31)/t19-,21-,22-/m0/s1. The number of hydrogen-bond acceptors (Lipinski definition) is 7. The molecule has 0 spiro atoms. The first-order chi connectivity index (χ1) is 17.9. The molecule has 2 aromatic heterocycles. The van der Waals surface area contributed by atoms with E-state index in [-0.39, 0.29) is 11.4 Å². The molecule has 4 heterocycles. The SMILES string of the molecule is CCC[C@H](C)Nc1ncc2c(C3CCN(S(=O)(=O)C4CCNCC4)CC3)cn([C@H]3CC[C@H](O)CC3)c2n1. The molecule has 0 unspecified atom stereocenters. The molecule has 0 radical (unpaired) electrons. The lowest BCUT2D eigenvalue weighted by Gasteiger charge is -2.35. The van der Waals surface area contributed by atoms with Crippen molar-refractivity contribution in [1.29, 1.82) is 0 Å². The van der Waals surface area contributed by atoms with Crippen LogP contribution < -0.4 is 10.6 Å². The van der Waals surface area contributed by atoms with Crippen LogP contribution in [0, 0.1) is 0 Å². The molecule has 1 aliphatic carbocycles. The van der Waals surface area contributed by atoms with Crippen molar-refractivity contribution in [2.75, 3.05) is 31.5 Å². The van der Waals surface area contributed by atoms with Gasteiger partial charge in [0, 0.05) is 43.0 Å². The van der Waals surface area contributed by atoms with Crippen LogP contribution >= 0.6 is 0 Å². The maximum Gasteiger partial charge on any atom is 0.224 e. The van der Waals surface area contributed by atoms with Gasteiger partial charge in [-0.1, -0.05) is 13.3 Å². The van der Waals surface area contributed by atoms with Crippen molar-refractivity contribution >= 4 is 27.0 Å². The van der Waals surface area contributed by atoms with Gasteiger partial charge in [-0.2, -0.15) is 4.98 Å². The molecule has 1 atom stereocenters. The van der Waals surface area contributed by atoms with Crippen molar-refractivity contribution in [1.82, 2.24) is 24.2 Å². The number of rotatable bonds is 8. The lowest BCUT2D eigenvalue weighted by Crippen LogP contribution is -2.46. The van der Waals surface area contributed by atoms with Gasteiger partial charge in [0.2, 0.25) is 16.0 Å². The highest BCUT2D eigenvalue weighted by molar-refractivity contribution is 7.89. The number of piperidine rings is 2. The number of aromatic nitrogens is 3. The van der Waals surface area contributed by atoms with Crippen molar-refractivity contribution in [3.63, 3.8) is 0 Å². The van der Waals surface area contributed by atoms with Crippen molar-refractivity contribution < 1.29 is 13.5 Å². The number of sulfonamides is 1. The van der Waals surface area contributed by atoms with Crippen molar-refractivity contribution in [3.8, 4) is 0 Å². The summed E-state index contributed by atoms with van der Waals surface area (Å²) >= 11 is 0. The van der Waals surface area contributed by atoms with Gasteiger partial charge in [0.05, 0.1) is 11.4 Å². The number of anilines is 1. The van der Waals surface area contributed by atoms with E-state index in [2.05, 4.69) is 40.2 Å². The Morgan fingerprint density at radius 3 is 2.49 bits per heavy atom. The van der Waals surface area contributed by atoms with E-state index in [1.54, 1.807) is 4.31 Å². The molecule has 3 N–H and O–H groups in total. The Hall–Kier alpha value is -1.75. The smallest absolute Gasteiger partial charge is 0.224 e. The molecule has 5 rings (SSSR count). The largest absolute Gasteiger partial charge is 0.393 e. The first kappa shape index (κ1) is 26.8. The van der Waals surface area contributed by atoms with Gasteiger partial charge in [0.25, 0.3) is 0 Å². The van der Waals surface area contributed by atoms with Crippen LogP contribution in [0.2, 0.25) is 0 Å². The summed E-state index contributed by atoms with van der Waals surface area (Å²) in [4.78, 5) is 9.67. The predicted octanol–water partition coefficient (Wildman–Crippen LogP) is 3.77. The molecule has 0 aromatic carbocycles. The Kier molecular flexibility index (Phi) is 8.38. The summed E-state index contributed by atoms with van der Waals surface area (Å²) in [7, 11) is -3.24. The monoisotopic (exact) mass is 532 g/mol. The summed E-state index contributed by atoms with van der Waals surface area (Å²) in [6, 6.07) is 0.622. The van der Waals surface area contributed by atoms with E-state index in [0.717, 1.165) is 75.5 Å². The van der Waals surface area contributed by atoms with Crippen LogP contribution in [0.3, 0.4) is 0 Å². The number of nitrogens with zero attached hydrogens (tertiary/aromatic N) is 4. The van der Waals surface area contributed by atoms with E-state index in [1.807, 2.05) is 6.20 Å². The second-order valence-corrected chi connectivity index (χ2v) is 13.6. The fourth-order valence-electron chi connectivity index (χ4n) is 6.51. The molecule has 37 heavy (non-hydrogen) atoms. The third-order valence-corrected chi connectivity index (χ3v) is 11.1. The van der Waals surface area contributed by atoms with Gasteiger partial charge < -0.3 is 20.3 Å². The normalized spacial score (nSPS) is 25.9. The third kappa shape index (κ3) is 5.82. The van der Waals surface area contributed by atoms with Gasteiger partial charge in [0.1, 0.15) is 5.65 Å². The Morgan fingerprint density at radius 1 is 1.11 bits per heavy atom. The van der Waals surface area contributed by atoms with E-state index in [1.165, 1.54) is 5.56 Å². The highest BCUT2D eigenvalue weighted by Crippen LogP contribution is 2.39. The zero-order valence-corrected chi connectivity index (χ0v) is 23.2. The van der Waals surface area contributed by atoms with E-state index in [4.69, 9.17) is 4.98 Å². The fourth-order valence-corrected chi connectivity index (χ4v) is 8.49. The zero-order valence-electron chi connectivity index (χ0n) is 22.4. The van der Waals surface area contributed by atoms with Crippen LogP contribution in [-0.2, 0) is 10.0 Å². The maximum atomic E-state index is 13.3. The Labute approximate surface area is 221 Å². The van der Waals surface area contributed by atoms with E-state index in [9.17, 15) is 13.5 Å². The number of hydrogen-bond donors (Lipinski definition) is 3. The summed E-state index contributed by atoms with van der Waals surface area (Å²) in [6.45, 7) is 7.07. The summed E-state index contributed by atoms with van der Waals surface area (Å²) in [5.74, 6) is 0.955. The number of nitrogens with one attached hydrogen (secondary N) is 2. The van der Waals surface area contributed by atoms with Crippen LogP contribution in [-0.4, -0.2) is 75.9 Å². The first-order valence-corrected chi connectivity index (χ1v) is 15.9. The lowest BCUT2D eigenvalue weighted by atomic mass is 9.90. The Bertz CT molecular complexity index is 1150. The average molecular weight is 533 g/mol. The second kappa shape index (κ2) is 11.6. The van der Waals surface area contributed by atoms with E-state index < -0.39 is 10.0 Å². The molecule has 9 nitrogen and oxygen atoms in total. The molecule has 2 saturated heterocycles. The van der Waals surface area contributed by atoms with Gasteiger partial charge >= 0.3 is 0 Å². The second-order valence-electron chi connectivity index (χ2n) is 11.4. The van der Waals surface area contributed by atoms with Crippen LogP contribution in [0.25, 0.3) is 11.0 Å². The van der Waals surface area contributed by atoms with E-state index >= 15 is 0 Å². The minimum absolute atomic E-state index is 0.203. The molecule has 0 bridgehead atoms. The van der Waals surface area contributed by atoms with Crippen LogP contribution in [0.1, 0.15) is 95.6 Å². The number of fused-ring (bicyclic) bond motifs is 1. The first-order valence-electron chi connectivity index (χ1n) is 14.4. The summed E-state index contributed by atoms with van der Waals surface area (Å²) < 4.78 is 30.6. The van der Waals surface area contributed by atoms with Gasteiger partial charge in [-0.25, -0.2) is 17.7 Å². The quantitative estimate of drug-likeness (QED) is 0.474. The van der Waals surface area contributed by atoms with Crippen LogP contribution in [0.5, 0.6) is 0 Å². The molecule has 10 heteroatoms. The topological polar surface area (TPSA) is 112 Å². The van der Waals surface area contributed by atoms with E-state index in [0.29, 0.717) is 49.9 Å². The summed E-state index contributed by atoms with van der Waals surface area (Å²) in [5, 5.41) is 17.6. The molecule has 0 amide bonds. The van der Waals surface area contributed by atoms with Crippen molar-refractivity contribution in [2.24, 2.45) is 0 Å². The molecule has 206 valence electrons. The van der Waals surface area contributed by atoms with Crippen LogP contribution in [0.4, 0.5) is 5.95 Å². The maximum absolute atomic E-state index is 13.3. The lowest BCUT2D eigenvalue weighted by molar-refractivity contribution is 0.111. The fraction of sp³-hybridized carbons (Fsp3) is 0.778. The van der Waals surface area contributed by atoms with Gasteiger partial charge in [0.15, 0.2) is 0 Å². The highest BCUT2D eigenvalue weighted by Gasteiger charge is 2.36. The average Bonchev–Trinajstić information content (AvgIpc) is 3.28. The summed E-state index contributed by atoms with van der Waals surface area (Å²) in [6.07, 6.45) is 12.8. The molecule has 2 aliphatic heterocycles. The van der Waals surface area contributed by atoms with Gasteiger partial charge in [-0.05, 0) is 89.3 Å². The van der Waals surface area contributed by atoms with Crippen molar-refractivity contribution in [2.45, 2.75) is 107 Å². The molecule has 3 fully saturated rings. The van der Waals surface area contributed by atoms with Gasteiger partial charge in [-0.15, -0.1) is 0 Å². The Balaban J connectivity index is 1.38. The van der Waals surface area contributed by atoms with Crippen LogP contribution in [0.15, 0.2) is 12.4 Å². The minimum atomic E-state index is -3.24. The van der Waals surface area contributed by atoms with Crippen molar-refractivity contribution in [3.05, 3.63) is 18.0 Å². The third-order valence-electron chi connectivity index (χ3n) is 8.72. The molecular formula is C27H44N6O3S. The zero-order chi connectivity index (χ0) is 26.0. The molecule has 3 aliphatic rings. The van der Waals surface area contributed by atoms with Gasteiger partial charge in [-0.3, -0.25) is 0 Å². The molecule has 1 saturated carbocycles. The summed E-state index contributed by atoms with van der Waals surface area (Å²) in [5.41, 5.74) is 2.20. The minimum Gasteiger partial charge on any atom is -0.393 e. The Morgan fingerprint density at radius 2 is 1.81 bits per heavy atom. The predicted molar refractivity (Wildman–Crippen MR) is 147 cm³/mol. The molecular weight excluding hydrogens is 488 g/mol.